The van der Waals surface area contributed by atoms with Crippen molar-refractivity contribution in [3.05, 3.63) is 16.3 Å². The molecule has 0 radical (unpaired) electrons. The fourth-order valence-corrected chi connectivity index (χ4v) is 4.84. The number of thiophene rings is 1. The van der Waals surface area contributed by atoms with E-state index in [1.165, 1.54) is 4.88 Å². The van der Waals surface area contributed by atoms with Gasteiger partial charge in [0.2, 0.25) is 0 Å². The lowest BCUT2D eigenvalue weighted by molar-refractivity contribution is 0.281. The standard InChI is InChI=1S/C13H18N4O2S2/c1-8-9(2)20-13-11(8)12(14)15-10(16-13)7-17-3-5-21(18,19)6-4-17/h3-7H2,1-2H3,(H2,14,15,16). The summed E-state index contributed by atoms with van der Waals surface area (Å²) in [4.78, 5) is 13.2. The van der Waals surface area contributed by atoms with Gasteiger partial charge in [0, 0.05) is 18.0 Å². The maximum Gasteiger partial charge on any atom is 0.152 e. The third-order valence-corrected chi connectivity index (χ3v) is 6.62. The second-order valence-electron chi connectivity index (χ2n) is 5.42. The molecule has 0 bridgehead atoms. The summed E-state index contributed by atoms with van der Waals surface area (Å²) in [6.45, 7) is 5.70. The first-order valence-corrected chi connectivity index (χ1v) is 9.44. The Morgan fingerprint density at radius 1 is 1.24 bits per heavy atom. The Balaban J connectivity index is 1.85. The summed E-state index contributed by atoms with van der Waals surface area (Å²) in [5, 5.41) is 0.947. The van der Waals surface area contributed by atoms with Gasteiger partial charge in [0.1, 0.15) is 16.5 Å². The van der Waals surface area contributed by atoms with E-state index in [0.29, 0.717) is 31.3 Å². The fraction of sp³-hybridized carbons (Fsp3) is 0.538. The molecule has 3 rings (SSSR count). The van der Waals surface area contributed by atoms with Crippen LogP contribution in [-0.2, 0) is 16.4 Å². The van der Waals surface area contributed by atoms with Gasteiger partial charge in [-0.15, -0.1) is 11.3 Å². The minimum Gasteiger partial charge on any atom is -0.383 e. The van der Waals surface area contributed by atoms with Crippen LogP contribution in [-0.4, -0.2) is 47.9 Å². The van der Waals surface area contributed by atoms with E-state index in [4.69, 9.17) is 5.73 Å². The van der Waals surface area contributed by atoms with Crippen LogP contribution in [0.25, 0.3) is 10.2 Å². The molecule has 1 fully saturated rings. The van der Waals surface area contributed by atoms with Gasteiger partial charge >= 0.3 is 0 Å². The summed E-state index contributed by atoms with van der Waals surface area (Å²) < 4.78 is 22.9. The van der Waals surface area contributed by atoms with Crippen molar-refractivity contribution in [1.29, 1.82) is 0 Å². The molecule has 0 aromatic carbocycles. The smallest absolute Gasteiger partial charge is 0.152 e. The molecule has 0 atom stereocenters. The van der Waals surface area contributed by atoms with Crippen LogP contribution >= 0.6 is 11.3 Å². The minimum absolute atomic E-state index is 0.210. The summed E-state index contributed by atoms with van der Waals surface area (Å²) in [5.41, 5.74) is 7.20. The SMILES string of the molecule is Cc1sc2nc(CN3CCS(=O)(=O)CC3)nc(N)c2c1C. The molecule has 0 unspecified atom stereocenters. The Labute approximate surface area is 127 Å². The van der Waals surface area contributed by atoms with Gasteiger partial charge in [-0.3, -0.25) is 4.90 Å². The van der Waals surface area contributed by atoms with E-state index in [9.17, 15) is 8.42 Å². The average molecular weight is 326 g/mol. The van der Waals surface area contributed by atoms with Crippen molar-refractivity contribution in [3.8, 4) is 0 Å². The van der Waals surface area contributed by atoms with Crippen molar-refractivity contribution in [2.45, 2.75) is 20.4 Å². The minimum atomic E-state index is -2.86. The third kappa shape index (κ3) is 2.88. The van der Waals surface area contributed by atoms with Crippen LogP contribution in [0.2, 0.25) is 0 Å². The zero-order valence-corrected chi connectivity index (χ0v) is 13.7. The van der Waals surface area contributed by atoms with Crippen LogP contribution in [0.15, 0.2) is 0 Å². The number of nitrogen functional groups attached to an aromatic ring is 1. The number of rotatable bonds is 2. The van der Waals surface area contributed by atoms with E-state index in [1.807, 2.05) is 6.92 Å². The Hall–Kier alpha value is -1.25. The predicted molar refractivity (Wildman–Crippen MR) is 85.2 cm³/mol. The number of nitrogens with two attached hydrogens (primary N) is 1. The second kappa shape index (κ2) is 5.19. The van der Waals surface area contributed by atoms with Crippen molar-refractivity contribution >= 4 is 37.2 Å². The lowest BCUT2D eigenvalue weighted by atomic mass is 10.2. The van der Waals surface area contributed by atoms with Crippen LogP contribution in [0.4, 0.5) is 5.82 Å². The second-order valence-corrected chi connectivity index (χ2v) is 8.92. The molecule has 8 heteroatoms. The van der Waals surface area contributed by atoms with Gasteiger partial charge in [-0.05, 0) is 19.4 Å². The summed E-state index contributed by atoms with van der Waals surface area (Å²) in [7, 11) is -2.86. The van der Waals surface area contributed by atoms with Gasteiger partial charge in [0.15, 0.2) is 9.84 Å². The number of hydrogen-bond acceptors (Lipinski definition) is 7. The number of fused-ring (bicyclic) bond motifs is 1. The first kappa shape index (κ1) is 14.7. The van der Waals surface area contributed by atoms with Gasteiger partial charge in [-0.2, -0.15) is 0 Å². The van der Waals surface area contributed by atoms with Gasteiger partial charge < -0.3 is 5.73 Å². The number of sulfone groups is 1. The molecule has 3 heterocycles. The zero-order valence-electron chi connectivity index (χ0n) is 12.1. The topological polar surface area (TPSA) is 89.2 Å². The molecule has 114 valence electrons. The van der Waals surface area contributed by atoms with E-state index < -0.39 is 9.84 Å². The molecule has 0 aliphatic carbocycles. The number of anilines is 1. The van der Waals surface area contributed by atoms with Gasteiger partial charge in [-0.1, -0.05) is 0 Å². The summed E-state index contributed by atoms with van der Waals surface area (Å²) in [5.74, 6) is 1.60. The van der Waals surface area contributed by atoms with Gasteiger partial charge in [0.05, 0.1) is 23.4 Å². The van der Waals surface area contributed by atoms with E-state index in [1.54, 1.807) is 11.3 Å². The molecular weight excluding hydrogens is 308 g/mol. The molecule has 0 spiro atoms. The Bertz CT molecular complexity index is 784. The van der Waals surface area contributed by atoms with Crippen LogP contribution in [0.5, 0.6) is 0 Å². The molecule has 6 nitrogen and oxygen atoms in total. The van der Waals surface area contributed by atoms with E-state index >= 15 is 0 Å². The average Bonchev–Trinajstić information content (AvgIpc) is 2.68. The van der Waals surface area contributed by atoms with Crippen LogP contribution < -0.4 is 5.73 Å². The quantitative estimate of drug-likeness (QED) is 0.889. The number of nitrogens with zero attached hydrogens (tertiary/aromatic N) is 3. The summed E-state index contributed by atoms with van der Waals surface area (Å²) >= 11 is 1.62. The molecule has 1 saturated heterocycles. The number of aryl methyl sites for hydroxylation is 2. The van der Waals surface area contributed by atoms with Crippen molar-refractivity contribution in [1.82, 2.24) is 14.9 Å². The highest BCUT2D eigenvalue weighted by Crippen LogP contribution is 2.31. The van der Waals surface area contributed by atoms with Crippen LogP contribution in [0.1, 0.15) is 16.3 Å². The van der Waals surface area contributed by atoms with Crippen LogP contribution in [0, 0.1) is 13.8 Å². The first-order chi connectivity index (χ1) is 9.85. The van der Waals surface area contributed by atoms with E-state index in [-0.39, 0.29) is 11.5 Å². The highest BCUT2D eigenvalue weighted by molar-refractivity contribution is 7.91. The molecule has 2 N–H and O–H groups in total. The monoisotopic (exact) mass is 326 g/mol. The molecule has 2 aromatic rings. The largest absolute Gasteiger partial charge is 0.383 e. The highest BCUT2D eigenvalue weighted by atomic mass is 32.2. The molecule has 0 amide bonds. The highest BCUT2D eigenvalue weighted by Gasteiger charge is 2.22. The predicted octanol–water partition coefficient (Wildman–Crippen LogP) is 1.12. The van der Waals surface area contributed by atoms with E-state index in [2.05, 4.69) is 21.8 Å². The molecular formula is C13H18N4O2S2. The van der Waals surface area contributed by atoms with Crippen molar-refractivity contribution in [3.63, 3.8) is 0 Å². The van der Waals surface area contributed by atoms with Gasteiger partial charge in [0.25, 0.3) is 0 Å². The van der Waals surface area contributed by atoms with Gasteiger partial charge in [-0.25, -0.2) is 18.4 Å². The lowest BCUT2D eigenvalue weighted by Crippen LogP contribution is -2.40. The first-order valence-electron chi connectivity index (χ1n) is 6.80. The maximum atomic E-state index is 11.4. The van der Waals surface area contributed by atoms with Crippen LogP contribution in [0.3, 0.4) is 0 Å². The maximum absolute atomic E-state index is 11.4. The molecule has 2 aromatic heterocycles. The molecule has 1 aliphatic heterocycles. The number of aromatic nitrogens is 2. The van der Waals surface area contributed by atoms with E-state index in [0.717, 1.165) is 15.8 Å². The van der Waals surface area contributed by atoms with Crippen molar-refractivity contribution in [2.24, 2.45) is 0 Å². The Kier molecular flexibility index (Phi) is 3.62. The molecule has 0 saturated carbocycles. The Morgan fingerprint density at radius 2 is 1.90 bits per heavy atom. The molecule has 1 aliphatic rings. The fourth-order valence-electron chi connectivity index (χ4n) is 2.51. The lowest BCUT2D eigenvalue weighted by Gasteiger charge is -2.25. The normalized spacial score (nSPS) is 19.1. The van der Waals surface area contributed by atoms with Crippen molar-refractivity contribution in [2.75, 3.05) is 30.3 Å². The molecule has 21 heavy (non-hydrogen) atoms. The zero-order chi connectivity index (χ0) is 15.2. The summed E-state index contributed by atoms with van der Waals surface area (Å²) in [6.07, 6.45) is 0. The van der Waals surface area contributed by atoms with Crippen molar-refractivity contribution < 1.29 is 8.42 Å². The summed E-state index contributed by atoms with van der Waals surface area (Å²) in [6, 6.07) is 0. The third-order valence-electron chi connectivity index (χ3n) is 3.91. The Morgan fingerprint density at radius 3 is 2.57 bits per heavy atom. The number of hydrogen-bond donors (Lipinski definition) is 1.